The van der Waals surface area contributed by atoms with Crippen LogP contribution in [0.4, 0.5) is 5.82 Å². The molecule has 2 N–H and O–H groups in total. The Morgan fingerprint density at radius 3 is 2.60 bits per heavy atom. The van der Waals surface area contributed by atoms with E-state index >= 15 is 0 Å². The van der Waals surface area contributed by atoms with Gasteiger partial charge in [-0.25, -0.2) is 9.97 Å². The van der Waals surface area contributed by atoms with E-state index < -0.39 is 0 Å². The van der Waals surface area contributed by atoms with Crippen LogP contribution in [0.1, 0.15) is 55.8 Å². The molecule has 25 heavy (non-hydrogen) atoms. The number of anilines is 1. The average molecular weight is 338 g/mol. The molecule has 0 spiro atoms. The van der Waals surface area contributed by atoms with Crippen LogP contribution >= 0.6 is 0 Å². The first-order valence-electron chi connectivity index (χ1n) is 9.23. The van der Waals surface area contributed by atoms with Gasteiger partial charge in [0.05, 0.1) is 5.69 Å². The molecule has 5 nitrogen and oxygen atoms in total. The van der Waals surface area contributed by atoms with Gasteiger partial charge in [0.15, 0.2) is 0 Å². The van der Waals surface area contributed by atoms with E-state index in [1.165, 1.54) is 32.1 Å². The van der Waals surface area contributed by atoms with E-state index in [4.69, 9.17) is 0 Å². The third-order valence-corrected chi connectivity index (χ3v) is 4.60. The first-order valence-corrected chi connectivity index (χ1v) is 9.23. The Hall–Kier alpha value is -2.43. The zero-order valence-corrected chi connectivity index (χ0v) is 14.8. The number of benzene rings is 1. The van der Waals surface area contributed by atoms with Gasteiger partial charge in [0.25, 0.3) is 5.91 Å². The van der Waals surface area contributed by atoms with Gasteiger partial charge in [-0.3, -0.25) is 4.79 Å². The quantitative estimate of drug-likeness (QED) is 0.834. The molecule has 0 saturated heterocycles. The summed E-state index contributed by atoms with van der Waals surface area (Å²) in [5.74, 6) is 0.845. The normalized spacial score (nSPS) is 14.9. The molecular weight excluding hydrogens is 312 g/mol. The number of nitrogens with zero attached hydrogens (tertiary/aromatic N) is 2. The predicted octanol–water partition coefficient (Wildman–Crippen LogP) is 4.03. The number of carbonyl (C=O) groups is 1. The topological polar surface area (TPSA) is 66.9 Å². The van der Waals surface area contributed by atoms with E-state index in [-0.39, 0.29) is 5.91 Å². The predicted molar refractivity (Wildman–Crippen MR) is 101 cm³/mol. The Morgan fingerprint density at radius 1 is 1.12 bits per heavy atom. The number of rotatable bonds is 6. The number of amides is 1. The Kier molecular flexibility index (Phi) is 5.99. The van der Waals surface area contributed by atoms with Gasteiger partial charge in [-0.05, 0) is 31.4 Å². The molecule has 1 aliphatic rings. The fourth-order valence-corrected chi connectivity index (χ4v) is 3.18. The van der Waals surface area contributed by atoms with Gasteiger partial charge < -0.3 is 10.6 Å². The molecule has 1 aromatic heterocycles. The van der Waals surface area contributed by atoms with Gasteiger partial charge in [0.1, 0.15) is 12.1 Å². The van der Waals surface area contributed by atoms with Crippen molar-refractivity contribution in [3.63, 3.8) is 0 Å². The van der Waals surface area contributed by atoms with E-state index in [1.807, 2.05) is 37.3 Å². The summed E-state index contributed by atoms with van der Waals surface area (Å²) in [6.45, 7) is 2.74. The van der Waals surface area contributed by atoms with Gasteiger partial charge >= 0.3 is 0 Å². The largest absolute Gasteiger partial charge is 0.367 e. The number of carbonyl (C=O) groups excluding carboxylic acids is 1. The fraction of sp³-hybridized carbons (Fsp3) is 0.450. The minimum absolute atomic E-state index is 0.0317. The molecule has 0 atom stereocenters. The minimum atomic E-state index is -0.0317. The summed E-state index contributed by atoms with van der Waals surface area (Å²) >= 11 is 0. The summed E-state index contributed by atoms with van der Waals surface area (Å²) in [7, 11) is 0. The summed E-state index contributed by atoms with van der Waals surface area (Å²) in [5.41, 5.74) is 2.53. The van der Waals surface area contributed by atoms with Crippen LogP contribution in [-0.2, 0) is 0 Å². The Morgan fingerprint density at radius 2 is 1.88 bits per heavy atom. The number of aromatic nitrogens is 2. The van der Waals surface area contributed by atoms with Crippen LogP contribution in [-0.4, -0.2) is 28.5 Å². The van der Waals surface area contributed by atoms with E-state index in [9.17, 15) is 4.79 Å². The smallest absolute Gasteiger partial charge is 0.251 e. The molecule has 1 amide bonds. The third kappa shape index (κ3) is 4.78. The zero-order chi connectivity index (χ0) is 17.5. The minimum Gasteiger partial charge on any atom is -0.367 e. The van der Waals surface area contributed by atoms with Gasteiger partial charge in [0.2, 0.25) is 0 Å². The molecule has 0 unspecified atom stereocenters. The van der Waals surface area contributed by atoms with Crippen molar-refractivity contribution in [1.82, 2.24) is 15.3 Å². The molecule has 132 valence electrons. The molecule has 0 bridgehead atoms. The molecular formula is C20H26N4O. The first kappa shape index (κ1) is 17.4. The lowest BCUT2D eigenvalue weighted by molar-refractivity contribution is 0.0953. The van der Waals surface area contributed by atoms with E-state index in [1.54, 1.807) is 6.33 Å². The summed E-state index contributed by atoms with van der Waals surface area (Å²) in [4.78, 5) is 20.7. The molecule has 1 heterocycles. The maximum Gasteiger partial charge on any atom is 0.251 e. The number of hydrogen-bond acceptors (Lipinski definition) is 4. The molecule has 5 heteroatoms. The highest BCUT2D eigenvalue weighted by Gasteiger charge is 2.14. The Bertz CT molecular complexity index is 693. The van der Waals surface area contributed by atoms with Crippen LogP contribution in [0.3, 0.4) is 0 Å². The molecule has 0 radical (unpaired) electrons. The summed E-state index contributed by atoms with van der Waals surface area (Å²) < 4.78 is 0. The van der Waals surface area contributed by atoms with Gasteiger partial charge in [-0.2, -0.15) is 0 Å². The van der Waals surface area contributed by atoms with Crippen molar-refractivity contribution in [3.05, 3.63) is 42.2 Å². The van der Waals surface area contributed by atoms with E-state index in [2.05, 4.69) is 20.6 Å². The van der Waals surface area contributed by atoms with Crippen molar-refractivity contribution in [2.75, 3.05) is 11.9 Å². The monoisotopic (exact) mass is 338 g/mol. The highest BCUT2D eigenvalue weighted by molar-refractivity contribution is 5.94. The number of hydrogen-bond donors (Lipinski definition) is 2. The fourth-order valence-electron chi connectivity index (χ4n) is 3.18. The van der Waals surface area contributed by atoms with Gasteiger partial charge in [0, 0.05) is 29.8 Å². The third-order valence-electron chi connectivity index (χ3n) is 4.60. The van der Waals surface area contributed by atoms with Crippen LogP contribution < -0.4 is 10.6 Å². The highest BCUT2D eigenvalue weighted by Crippen LogP contribution is 2.23. The number of nitrogens with one attached hydrogen (secondary N) is 2. The molecule has 1 aromatic carbocycles. The van der Waals surface area contributed by atoms with Crippen LogP contribution in [0.2, 0.25) is 0 Å². The maximum absolute atomic E-state index is 12.0. The molecule has 1 aliphatic carbocycles. The van der Waals surface area contributed by atoms with Gasteiger partial charge in [-0.1, -0.05) is 38.3 Å². The molecule has 3 rings (SSSR count). The lowest BCUT2D eigenvalue weighted by Crippen LogP contribution is -2.23. The van der Waals surface area contributed by atoms with Crippen molar-refractivity contribution in [1.29, 1.82) is 0 Å². The maximum atomic E-state index is 12.0. The summed E-state index contributed by atoms with van der Waals surface area (Å²) in [6, 6.07) is 10.1. The zero-order valence-electron chi connectivity index (χ0n) is 14.8. The lowest BCUT2D eigenvalue weighted by atomic mass is 9.95. The molecule has 0 aliphatic heterocycles. The highest BCUT2D eigenvalue weighted by atomic mass is 16.1. The van der Waals surface area contributed by atoms with Crippen molar-refractivity contribution in [3.8, 4) is 11.3 Å². The second-order valence-electron chi connectivity index (χ2n) is 6.60. The van der Waals surface area contributed by atoms with Crippen LogP contribution in [0.5, 0.6) is 0 Å². The lowest BCUT2D eigenvalue weighted by Gasteiger charge is -2.23. The van der Waals surface area contributed by atoms with E-state index in [0.29, 0.717) is 18.2 Å². The standard InChI is InChI=1S/C20H26N4O/c1-2-12-21-20(25)16-10-8-15(9-11-16)18-13-19(23-14-22-18)24-17-6-4-3-5-7-17/h8-11,13-14,17H,2-7,12H2,1H3,(H,21,25)(H,22,23,24). The summed E-state index contributed by atoms with van der Waals surface area (Å²) in [5, 5.41) is 6.42. The summed E-state index contributed by atoms with van der Waals surface area (Å²) in [6.07, 6.45) is 8.87. The van der Waals surface area contributed by atoms with Gasteiger partial charge in [-0.15, -0.1) is 0 Å². The average Bonchev–Trinajstić information content (AvgIpc) is 2.67. The van der Waals surface area contributed by atoms with Crippen molar-refractivity contribution < 1.29 is 4.79 Å². The van der Waals surface area contributed by atoms with Crippen LogP contribution in [0, 0.1) is 0 Å². The second kappa shape index (κ2) is 8.60. The Labute approximate surface area is 149 Å². The Balaban J connectivity index is 1.68. The SMILES string of the molecule is CCCNC(=O)c1ccc(-c2cc(NC3CCCCC3)ncn2)cc1. The van der Waals surface area contributed by atoms with Crippen molar-refractivity contribution in [2.45, 2.75) is 51.5 Å². The van der Waals surface area contributed by atoms with Crippen LogP contribution in [0.15, 0.2) is 36.7 Å². The molecule has 1 fully saturated rings. The molecule has 1 saturated carbocycles. The van der Waals surface area contributed by atoms with Crippen LogP contribution in [0.25, 0.3) is 11.3 Å². The first-order chi connectivity index (χ1) is 12.3. The molecule has 2 aromatic rings. The van der Waals surface area contributed by atoms with Crippen molar-refractivity contribution >= 4 is 11.7 Å². The van der Waals surface area contributed by atoms with E-state index in [0.717, 1.165) is 23.5 Å². The second-order valence-corrected chi connectivity index (χ2v) is 6.60. The van der Waals surface area contributed by atoms with Crippen molar-refractivity contribution in [2.24, 2.45) is 0 Å².